The van der Waals surface area contributed by atoms with Crippen LogP contribution in [0.1, 0.15) is 40.0 Å². The van der Waals surface area contributed by atoms with Crippen molar-refractivity contribution in [1.29, 1.82) is 0 Å². The first kappa shape index (κ1) is 20.9. The van der Waals surface area contributed by atoms with E-state index in [4.69, 9.17) is 0 Å². The molecule has 1 aliphatic rings. The minimum atomic E-state index is -2.90. The topological polar surface area (TPSA) is 90.8 Å². The summed E-state index contributed by atoms with van der Waals surface area (Å²) in [6.45, 7) is 6.83. The van der Waals surface area contributed by atoms with Crippen LogP contribution in [0.5, 0.6) is 0 Å². The largest absolute Gasteiger partial charge is 0.388 e. The first-order valence-corrected chi connectivity index (χ1v) is 9.14. The average Bonchev–Trinajstić information content (AvgIpc) is 2.75. The van der Waals surface area contributed by atoms with Crippen molar-refractivity contribution in [3.8, 4) is 0 Å². The average molecular weight is 433 g/mol. The van der Waals surface area contributed by atoms with Gasteiger partial charge in [-0.15, -0.1) is 24.0 Å². The van der Waals surface area contributed by atoms with Crippen molar-refractivity contribution in [1.82, 2.24) is 10.6 Å². The highest BCUT2D eigenvalue weighted by Gasteiger charge is 2.28. The SMILES string of the molecule is CCNC(=NCC(O)(CC)CC)NC1CCS(=O)(=O)C1.I. The Hall–Kier alpha value is -0.0900. The van der Waals surface area contributed by atoms with Gasteiger partial charge in [0.15, 0.2) is 15.8 Å². The highest BCUT2D eigenvalue weighted by atomic mass is 127. The fourth-order valence-corrected chi connectivity index (χ4v) is 3.80. The molecule has 6 nitrogen and oxygen atoms in total. The van der Waals surface area contributed by atoms with Crippen LogP contribution < -0.4 is 10.6 Å². The maximum absolute atomic E-state index is 11.4. The molecule has 0 saturated carbocycles. The van der Waals surface area contributed by atoms with Crippen molar-refractivity contribution in [2.75, 3.05) is 24.6 Å². The quantitative estimate of drug-likeness (QED) is 0.329. The maximum atomic E-state index is 11.4. The summed E-state index contributed by atoms with van der Waals surface area (Å²) in [4.78, 5) is 4.39. The molecule has 1 atom stereocenters. The lowest BCUT2D eigenvalue weighted by Crippen LogP contribution is -2.45. The Kier molecular flexibility index (Phi) is 9.10. The van der Waals surface area contributed by atoms with Gasteiger partial charge in [0, 0.05) is 12.6 Å². The van der Waals surface area contributed by atoms with Gasteiger partial charge in [-0.3, -0.25) is 4.99 Å². The molecular weight excluding hydrogens is 405 g/mol. The van der Waals surface area contributed by atoms with E-state index in [1.807, 2.05) is 20.8 Å². The zero-order valence-corrected chi connectivity index (χ0v) is 16.2. The molecule has 0 aromatic carbocycles. The van der Waals surface area contributed by atoms with Crippen molar-refractivity contribution in [2.24, 2.45) is 4.99 Å². The van der Waals surface area contributed by atoms with Gasteiger partial charge in [-0.25, -0.2) is 8.42 Å². The molecule has 21 heavy (non-hydrogen) atoms. The number of nitrogens with zero attached hydrogens (tertiary/aromatic N) is 1. The van der Waals surface area contributed by atoms with Crippen molar-refractivity contribution in [3.63, 3.8) is 0 Å². The van der Waals surface area contributed by atoms with E-state index in [0.29, 0.717) is 38.3 Å². The van der Waals surface area contributed by atoms with E-state index >= 15 is 0 Å². The molecule has 8 heteroatoms. The summed E-state index contributed by atoms with van der Waals surface area (Å²) < 4.78 is 22.9. The van der Waals surface area contributed by atoms with Gasteiger partial charge in [-0.1, -0.05) is 13.8 Å². The van der Waals surface area contributed by atoms with Crippen LogP contribution in [0.15, 0.2) is 4.99 Å². The minimum Gasteiger partial charge on any atom is -0.388 e. The molecule has 1 unspecified atom stereocenters. The first-order chi connectivity index (χ1) is 9.34. The number of rotatable bonds is 6. The predicted octanol–water partition coefficient (Wildman–Crippen LogP) is 0.898. The van der Waals surface area contributed by atoms with Gasteiger partial charge in [0.25, 0.3) is 0 Å². The van der Waals surface area contributed by atoms with Gasteiger partial charge in [-0.05, 0) is 26.2 Å². The van der Waals surface area contributed by atoms with Crippen molar-refractivity contribution in [3.05, 3.63) is 0 Å². The van der Waals surface area contributed by atoms with Crippen molar-refractivity contribution in [2.45, 2.75) is 51.7 Å². The number of hydrogen-bond donors (Lipinski definition) is 3. The lowest BCUT2D eigenvalue weighted by Gasteiger charge is -2.24. The summed E-state index contributed by atoms with van der Waals surface area (Å²) in [7, 11) is -2.90. The molecule has 1 rings (SSSR count). The zero-order chi connectivity index (χ0) is 15.2. The third-order valence-electron chi connectivity index (χ3n) is 3.77. The molecule has 0 aliphatic carbocycles. The van der Waals surface area contributed by atoms with Crippen LogP contribution in [-0.4, -0.2) is 55.7 Å². The smallest absolute Gasteiger partial charge is 0.191 e. The Morgan fingerprint density at radius 1 is 1.33 bits per heavy atom. The molecule has 0 aromatic rings. The third-order valence-corrected chi connectivity index (χ3v) is 5.53. The molecule has 1 heterocycles. The van der Waals surface area contributed by atoms with Crippen LogP contribution in [-0.2, 0) is 9.84 Å². The molecule has 1 fully saturated rings. The van der Waals surface area contributed by atoms with Crippen LogP contribution >= 0.6 is 24.0 Å². The minimum absolute atomic E-state index is 0. The Morgan fingerprint density at radius 3 is 2.38 bits per heavy atom. The van der Waals surface area contributed by atoms with Crippen molar-refractivity contribution < 1.29 is 13.5 Å². The lowest BCUT2D eigenvalue weighted by atomic mass is 9.98. The van der Waals surface area contributed by atoms with E-state index in [0.717, 1.165) is 0 Å². The highest BCUT2D eigenvalue weighted by molar-refractivity contribution is 14.0. The summed E-state index contributed by atoms with van der Waals surface area (Å²) >= 11 is 0. The van der Waals surface area contributed by atoms with E-state index in [1.165, 1.54) is 0 Å². The van der Waals surface area contributed by atoms with Crippen molar-refractivity contribution >= 4 is 39.8 Å². The number of aliphatic hydroxyl groups is 1. The van der Waals surface area contributed by atoms with E-state index < -0.39 is 15.4 Å². The third kappa shape index (κ3) is 7.14. The molecule has 0 aromatic heterocycles. The standard InChI is InChI=1S/C13H27N3O3S.HI/c1-4-13(17,5-2)10-15-12(14-6-3)16-11-7-8-20(18,19)9-11;/h11,17H,4-10H2,1-3H3,(H2,14,15,16);1H. The van der Waals surface area contributed by atoms with Crippen LogP contribution in [0, 0.1) is 0 Å². The molecule has 126 valence electrons. The highest BCUT2D eigenvalue weighted by Crippen LogP contribution is 2.15. The van der Waals surface area contributed by atoms with E-state index in [1.54, 1.807) is 0 Å². The van der Waals surface area contributed by atoms with E-state index in [-0.39, 0.29) is 41.5 Å². The number of halogens is 1. The summed E-state index contributed by atoms with van der Waals surface area (Å²) in [5.41, 5.74) is -0.788. The van der Waals surface area contributed by atoms with Crippen LogP contribution in [0.4, 0.5) is 0 Å². The van der Waals surface area contributed by atoms with Gasteiger partial charge in [0.05, 0.1) is 23.7 Å². The Labute approximate surface area is 145 Å². The van der Waals surface area contributed by atoms with Crippen LogP contribution in [0.3, 0.4) is 0 Å². The zero-order valence-electron chi connectivity index (χ0n) is 13.1. The molecule has 0 radical (unpaired) electrons. The lowest BCUT2D eigenvalue weighted by molar-refractivity contribution is 0.0418. The molecule has 0 spiro atoms. The van der Waals surface area contributed by atoms with Crippen LogP contribution in [0.25, 0.3) is 0 Å². The molecule has 3 N–H and O–H groups in total. The fraction of sp³-hybridized carbons (Fsp3) is 0.923. The van der Waals surface area contributed by atoms with Crippen LogP contribution in [0.2, 0.25) is 0 Å². The number of sulfone groups is 1. The molecule has 1 aliphatic heterocycles. The van der Waals surface area contributed by atoms with E-state index in [9.17, 15) is 13.5 Å². The molecular formula is C13H28IN3O3S. The second-order valence-electron chi connectivity index (χ2n) is 5.37. The predicted molar refractivity (Wildman–Crippen MR) is 97.1 cm³/mol. The number of guanidine groups is 1. The fourth-order valence-electron chi connectivity index (χ4n) is 2.12. The van der Waals surface area contributed by atoms with Gasteiger partial charge >= 0.3 is 0 Å². The van der Waals surface area contributed by atoms with Gasteiger partial charge in [0.1, 0.15) is 0 Å². The first-order valence-electron chi connectivity index (χ1n) is 7.31. The summed E-state index contributed by atoms with van der Waals surface area (Å²) in [5, 5.41) is 16.5. The summed E-state index contributed by atoms with van der Waals surface area (Å²) in [6, 6.07) is -0.0888. The monoisotopic (exact) mass is 433 g/mol. The molecule has 0 amide bonds. The van der Waals surface area contributed by atoms with Gasteiger partial charge in [0.2, 0.25) is 0 Å². The number of aliphatic imine (C=N–C) groups is 1. The Bertz CT molecular complexity index is 436. The van der Waals surface area contributed by atoms with Gasteiger partial charge in [-0.2, -0.15) is 0 Å². The van der Waals surface area contributed by atoms with E-state index in [2.05, 4.69) is 15.6 Å². The molecule has 1 saturated heterocycles. The molecule has 0 bridgehead atoms. The summed E-state index contributed by atoms with van der Waals surface area (Å²) in [6.07, 6.45) is 1.90. The summed E-state index contributed by atoms with van der Waals surface area (Å²) in [5.74, 6) is 0.969. The second-order valence-corrected chi connectivity index (χ2v) is 7.60. The number of nitrogens with one attached hydrogen (secondary N) is 2. The Balaban J connectivity index is 0.00000400. The Morgan fingerprint density at radius 2 is 1.95 bits per heavy atom. The maximum Gasteiger partial charge on any atom is 0.191 e. The normalized spacial score (nSPS) is 21.7. The van der Waals surface area contributed by atoms with Gasteiger partial charge < -0.3 is 15.7 Å². The number of hydrogen-bond acceptors (Lipinski definition) is 4. The second kappa shape index (κ2) is 9.14.